The lowest BCUT2D eigenvalue weighted by Crippen LogP contribution is -2.43. The Bertz CT molecular complexity index is 429. The van der Waals surface area contributed by atoms with Gasteiger partial charge >= 0.3 is 0 Å². The van der Waals surface area contributed by atoms with Crippen LogP contribution in [-0.2, 0) is 0 Å². The van der Waals surface area contributed by atoms with Crippen LogP contribution < -0.4 is 5.73 Å². The van der Waals surface area contributed by atoms with Gasteiger partial charge in [-0.1, -0.05) is 49.6 Å². The predicted octanol–water partition coefficient (Wildman–Crippen LogP) is 2.33. The molecule has 1 atom stereocenters. The quantitative estimate of drug-likeness (QED) is 0.533. The molecule has 0 radical (unpaired) electrons. The normalized spacial score (nSPS) is 17.8. The van der Waals surface area contributed by atoms with E-state index in [4.69, 9.17) is 11.1 Å². The van der Waals surface area contributed by atoms with Crippen LogP contribution in [0.1, 0.15) is 43.6 Å². The van der Waals surface area contributed by atoms with Crippen molar-refractivity contribution >= 4 is 5.84 Å². The predicted molar refractivity (Wildman–Crippen MR) is 86.6 cm³/mol. The molecule has 0 bridgehead atoms. The van der Waals surface area contributed by atoms with Crippen molar-refractivity contribution in [2.24, 2.45) is 5.73 Å². The van der Waals surface area contributed by atoms with E-state index in [0.29, 0.717) is 12.6 Å². The Morgan fingerprint density at radius 2 is 1.90 bits per heavy atom. The van der Waals surface area contributed by atoms with Gasteiger partial charge in [-0.25, -0.2) is 0 Å². The van der Waals surface area contributed by atoms with Crippen LogP contribution in [0.3, 0.4) is 0 Å². The fourth-order valence-corrected chi connectivity index (χ4v) is 3.30. The molecular formula is C17H27N3O. The van der Waals surface area contributed by atoms with Gasteiger partial charge in [0.15, 0.2) is 0 Å². The second-order valence-corrected chi connectivity index (χ2v) is 5.93. The van der Waals surface area contributed by atoms with E-state index in [9.17, 15) is 5.11 Å². The molecule has 116 valence electrons. The van der Waals surface area contributed by atoms with Crippen LogP contribution >= 0.6 is 0 Å². The summed E-state index contributed by atoms with van der Waals surface area (Å²) in [6, 6.07) is 10.5. The third-order valence-electron chi connectivity index (χ3n) is 4.47. The minimum absolute atomic E-state index is 0.0836. The summed E-state index contributed by atoms with van der Waals surface area (Å²) in [5.41, 5.74) is 6.92. The molecule has 0 spiro atoms. The van der Waals surface area contributed by atoms with E-state index in [2.05, 4.69) is 4.90 Å². The van der Waals surface area contributed by atoms with Crippen molar-refractivity contribution in [2.75, 3.05) is 19.7 Å². The first-order chi connectivity index (χ1) is 10.2. The van der Waals surface area contributed by atoms with Crippen LogP contribution in [0.25, 0.3) is 0 Å². The monoisotopic (exact) mass is 289 g/mol. The van der Waals surface area contributed by atoms with E-state index in [0.717, 1.165) is 12.1 Å². The summed E-state index contributed by atoms with van der Waals surface area (Å²) < 4.78 is 0. The summed E-state index contributed by atoms with van der Waals surface area (Å²) >= 11 is 0. The van der Waals surface area contributed by atoms with Gasteiger partial charge in [0.1, 0.15) is 0 Å². The van der Waals surface area contributed by atoms with Crippen molar-refractivity contribution in [3.63, 3.8) is 0 Å². The molecule has 0 saturated heterocycles. The van der Waals surface area contributed by atoms with Crippen molar-refractivity contribution in [3.8, 4) is 0 Å². The standard InChI is InChI=1S/C17H27N3O/c18-17(19)16(14-7-3-1-4-8-14)13-20(11-12-21)15-9-5-2-6-10-15/h1,3-4,7-8,15-16,21H,2,5-6,9-13H2,(H3,18,19). The average Bonchev–Trinajstić information content (AvgIpc) is 2.52. The Labute approximate surface area is 127 Å². The lowest BCUT2D eigenvalue weighted by atomic mass is 9.91. The van der Waals surface area contributed by atoms with Crippen LogP contribution in [0.5, 0.6) is 0 Å². The first-order valence-electron chi connectivity index (χ1n) is 7.96. The summed E-state index contributed by atoms with van der Waals surface area (Å²) in [5.74, 6) is 0.125. The molecule has 4 nitrogen and oxygen atoms in total. The Morgan fingerprint density at radius 1 is 1.24 bits per heavy atom. The Hall–Kier alpha value is -1.39. The molecular weight excluding hydrogens is 262 g/mol. The number of rotatable bonds is 7. The van der Waals surface area contributed by atoms with E-state index < -0.39 is 0 Å². The van der Waals surface area contributed by atoms with Gasteiger partial charge in [0.2, 0.25) is 0 Å². The Balaban J connectivity index is 2.10. The van der Waals surface area contributed by atoms with Crippen LogP contribution in [0.2, 0.25) is 0 Å². The zero-order valence-electron chi connectivity index (χ0n) is 12.7. The molecule has 1 saturated carbocycles. The maximum Gasteiger partial charge on any atom is 0.0995 e. The number of amidine groups is 1. The Kier molecular flexibility index (Phi) is 6.21. The highest BCUT2D eigenvalue weighted by molar-refractivity contribution is 5.84. The first-order valence-corrected chi connectivity index (χ1v) is 7.96. The largest absolute Gasteiger partial charge is 0.395 e. The van der Waals surface area contributed by atoms with E-state index in [1.54, 1.807) is 0 Å². The number of aliphatic hydroxyl groups excluding tert-OH is 1. The van der Waals surface area contributed by atoms with Gasteiger partial charge in [0.05, 0.1) is 18.4 Å². The number of hydrogen-bond acceptors (Lipinski definition) is 3. The molecule has 0 heterocycles. The van der Waals surface area contributed by atoms with Crippen LogP contribution in [-0.4, -0.2) is 41.6 Å². The number of aliphatic hydroxyl groups is 1. The van der Waals surface area contributed by atoms with Crippen molar-refractivity contribution < 1.29 is 5.11 Å². The fraction of sp³-hybridized carbons (Fsp3) is 0.588. The van der Waals surface area contributed by atoms with E-state index in [-0.39, 0.29) is 18.4 Å². The van der Waals surface area contributed by atoms with Gasteiger partial charge in [0, 0.05) is 19.1 Å². The summed E-state index contributed by atoms with van der Waals surface area (Å²) in [5, 5.41) is 17.3. The van der Waals surface area contributed by atoms with Crippen molar-refractivity contribution in [1.29, 1.82) is 5.41 Å². The zero-order chi connectivity index (χ0) is 15.1. The molecule has 1 unspecified atom stereocenters. The summed E-state index contributed by atoms with van der Waals surface area (Å²) in [6.45, 7) is 1.56. The minimum atomic E-state index is -0.0836. The van der Waals surface area contributed by atoms with Crippen molar-refractivity contribution in [2.45, 2.75) is 44.1 Å². The van der Waals surface area contributed by atoms with Gasteiger partial charge in [-0.15, -0.1) is 0 Å². The van der Waals surface area contributed by atoms with E-state index >= 15 is 0 Å². The van der Waals surface area contributed by atoms with Crippen LogP contribution in [0.4, 0.5) is 0 Å². The molecule has 2 rings (SSSR count). The SMILES string of the molecule is N=C(N)C(CN(CCO)C1CCCCC1)c1ccccc1. The molecule has 4 heteroatoms. The Morgan fingerprint density at radius 3 is 2.48 bits per heavy atom. The fourth-order valence-electron chi connectivity index (χ4n) is 3.30. The highest BCUT2D eigenvalue weighted by Crippen LogP contribution is 2.25. The molecule has 0 aromatic heterocycles. The summed E-state index contributed by atoms with van der Waals surface area (Å²) in [4.78, 5) is 2.33. The topological polar surface area (TPSA) is 73.3 Å². The zero-order valence-corrected chi connectivity index (χ0v) is 12.7. The lowest BCUT2D eigenvalue weighted by Gasteiger charge is -2.36. The number of benzene rings is 1. The average molecular weight is 289 g/mol. The van der Waals surface area contributed by atoms with Crippen LogP contribution in [0, 0.1) is 5.41 Å². The van der Waals surface area contributed by atoms with Crippen molar-refractivity contribution in [3.05, 3.63) is 35.9 Å². The highest BCUT2D eigenvalue weighted by atomic mass is 16.3. The minimum Gasteiger partial charge on any atom is -0.395 e. The third kappa shape index (κ3) is 4.55. The number of nitrogens with zero attached hydrogens (tertiary/aromatic N) is 1. The molecule has 1 aromatic carbocycles. The molecule has 1 aromatic rings. The molecule has 1 aliphatic carbocycles. The number of nitrogens with one attached hydrogen (secondary N) is 1. The van der Waals surface area contributed by atoms with E-state index in [1.807, 2.05) is 30.3 Å². The number of hydrogen-bond donors (Lipinski definition) is 3. The third-order valence-corrected chi connectivity index (χ3v) is 4.47. The van der Waals surface area contributed by atoms with Crippen molar-refractivity contribution in [1.82, 2.24) is 4.90 Å². The number of nitrogens with two attached hydrogens (primary N) is 1. The van der Waals surface area contributed by atoms with Crippen LogP contribution in [0.15, 0.2) is 30.3 Å². The second-order valence-electron chi connectivity index (χ2n) is 5.93. The van der Waals surface area contributed by atoms with E-state index in [1.165, 1.54) is 32.1 Å². The van der Waals surface area contributed by atoms with Gasteiger partial charge in [-0.3, -0.25) is 10.3 Å². The van der Waals surface area contributed by atoms with Gasteiger partial charge in [0.25, 0.3) is 0 Å². The lowest BCUT2D eigenvalue weighted by molar-refractivity contribution is 0.122. The molecule has 0 aliphatic heterocycles. The first kappa shape index (κ1) is 16.0. The molecule has 1 aliphatic rings. The highest BCUT2D eigenvalue weighted by Gasteiger charge is 2.25. The second kappa shape index (κ2) is 8.15. The molecule has 4 N–H and O–H groups in total. The van der Waals surface area contributed by atoms with Gasteiger partial charge in [-0.05, 0) is 18.4 Å². The smallest absolute Gasteiger partial charge is 0.0995 e. The molecule has 1 fully saturated rings. The summed E-state index contributed by atoms with van der Waals surface area (Å²) in [6.07, 6.45) is 6.24. The molecule has 0 amide bonds. The maximum atomic E-state index is 9.36. The summed E-state index contributed by atoms with van der Waals surface area (Å²) in [7, 11) is 0. The molecule has 21 heavy (non-hydrogen) atoms. The maximum absolute atomic E-state index is 9.36. The van der Waals surface area contributed by atoms with Gasteiger partial charge in [-0.2, -0.15) is 0 Å². The van der Waals surface area contributed by atoms with Gasteiger partial charge < -0.3 is 10.8 Å².